The predicted octanol–water partition coefficient (Wildman–Crippen LogP) is 3.51. The Hall–Kier alpha value is -1.69. The molecule has 8 atom stereocenters. The third-order valence-electron chi connectivity index (χ3n) is 10.5. The zero-order chi connectivity index (χ0) is 21.8. The van der Waals surface area contributed by atoms with Crippen LogP contribution in [0.1, 0.15) is 71.6 Å². The average molecular weight is 429 g/mol. The normalized spacial score (nSPS) is 51.9. The lowest BCUT2D eigenvalue weighted by atomic mass is 9.43. The first-order chi connectivity index (χ1) is 14.7. The Labute approximate surface area is 183 Å². The van der Waals surface area contributed by atoms with Crippen LogP contribution in [0.5, 0.6) is 0 Å². The van der Waals surface area contributed by atoms with Gasteiger partial charge in [0.2, 0.25) is 0 Å². The molecule has 2 aliphatic heterocycles. The molecule has 0 aromatic carbocycles. The van der Waals surface area contributed by atoms with Crippen molar-refractivity contribution in [1.82, 2.24) is 0 Å². The predicted molar refractivity (Wildman–Crippen MR) is 110 cm³/mol. The molecule has 31 heavy (non-hydrogen) atoms. The molecule has 6 rings (SSSR count). The van der Waals surface area contributed by atoms with Crippen LogP contribution < -0.4 is 0 Å². The quantitative estimate of drug-likeness (QED) is 0.494. The number of hydrogen-bond acceptors (Lipinski definition) is 6. The Morgan fingerprint density at radius 2 is 2.00 bits per heavy atom. The van der Waals surface area contributed by atoms with Crippen LogP contribution in [-0.4, -0.2) is 42.1 Å². The number of ether oxygens (including phenoxy) is 3. The summed E-state index contributed by atoms with van der Waals surface area (Å²) < 4.78 is 17.8. The van der Waals surface area contributed by atoms with Crippen molar-refractivity contribution in [1.29, 1.82) is 0 Å². The Morgan fingerprint density at radius 1 is 1.19 bits per heavy atom. The van der Waals surface area contributed by atoms with E-state index in [9.17, 15) is 14.4 Å². The molecular formula is C25H32O6. The molecular weight excluding hydrogens is 396 g/mol. The van der Waals surface area contributed by atoms with E-state index in [-0.39, 0.29) is 57.7 Å². The van der Waals surface area contributed by atoms with Gasteiger partial charge in [-0.05, 0) is 62.4 Å². The second-order valence-corrected chi connectivity index (χ2v) is 11.4. The molecule has 0 aromatic rings. The van der Waals surface area contributed by atoms with Crippen LogP contribution in [0.2, 0.25) is 0 Å². The molecule has 0 radical (unpaired) electrons. The van der Waals surface area contributed by atoms with Crippen molar-refractivity contribution >= 4 is 17.7 Å². The van der Waals surface area contributed by atoms with Gasteiger partial charge in [0.05, 0.1) is 13.2 Å². The maximum Gasteiger partial charge on any atom is 0.306 e. The minimum Gasteiger partial charge on any atom is -0.469 e. The molecule has 2 heterocycles. The minimum atomic E-state index is -0.387. The summed E-state index contributed by atoms with van der Waals surface area (Å²) in [7, 11) is 1.44. The number of esters is 2. The Bertz CT molecular complexity index is 923. The number of rotatable bonds is 2. The molecule has 168 valence electrons. The molecule has 4 aliphatic carbocycles. The second-order valence-electron chi connectivity index (χ2n) is 11.4. The van der Waals surface area contributed by atoms with Crippen molar-refractivity contribution in [3.63, 3.8) is 0 Å². The molecule has 0 bridgehead atoms. The van der Waals surface area contributed by atoms with Gasteiger partial charge in [0.15, 0.2) is 5.78 Å². The topological polar surface area (TPSA) is 82.2 Å². The van der Waals surface area contributed by atoms with E-state index in [1.54, 1.807) is 0 Å². The van der Waals surface area contributed by atoms with Gasteiger partial charge in [-0.15, -0.1) is 0 Å². The van der Waals surface area contributed by atoms with Crippen molar-refractivity contribution in [2.24, 2.45) is 28.6 Å². The fourth-order valence-electron chi connectivity index (χ4n) is 8.95. The molecule has 2 saturated heterocycles. The van der Waals surface area contributed by atoms with Gasteiger partial charge in [0.1, 0.15) is 11.2 Å². The highest BCUT2D eigenvalue weighted by Crippen LogP contribution is 2.78. The van der Waals surface area contributed by atoms with Crippen molar-refractivity contribution in [2.75, 3.05) is 7.11 Å². The fraction of sp³-hybridized carbons (Fsp3) is 0.800. The number of methoxy groups -OCH3 is 1. The largest absolute Gasteiger partial charge is 0.469 e. The first-order valence-corrected chi connectivity index (χ1v) is 11.9. The zero-order valence-corrected chi connectivity index (χ0v) is 18.7. The number of hydrogen-bond donors (Lipinski definition) is 0. The summed E-state index contributed by atoms with van der Waals surface area (Å²) in [6, 6.07) is 0. The van der Waals surface area contributed by atoms with Gasteiger partial charge in [0, 0.05) is 30.1 Å². The monoisotopic (exact) mass is 428 g/mol. The Morgan fingerprint density at radius 3 is 2.71 bits per heavy atom. The van der Waals surface area contributed by atoms with E-state index < -0.39 is 0 Å². The molecule has 6 heteroatoms. The lowest BCUT2D eigenvalue weighted by molar-refractivity contribution is -0.166. The molecule has 2 spiro atoms. The van der Waals surface area contributed by atoms with E-state index in [1.807, 2.05) is 6.08 Å². The van der Waals surface area contributed by atoms with Crippen molar-refractivity contribution in [3.05, 3.63) is 11.6 Å². The van der Waals surface area contributed by atoms with Crippen LogP contribution in [0.15, 0.2) is 11.6 Å². The van der Waals surface area contributed by atoms with Gasteiger partial charge in [-0.1, -0.05) is 19.4 Å². The lowest BCUT2D eigenvalue weighted by Crippen LogP contribution is -2.62. The van der Waals surface area contributed by atoms with Crippen LogP contribution in [0, 0.1) is 28.6 Å². The maximum atomic E-state index is 12.4. The minimum absolute atomic E-state index is 0.0758. The lowest BCUT2D eigenvalue weighted by Gasteiger charge is -2.59. The van der Waals surface area contributed by atoms with Gasteiger partial charge in [0.25, 0.3) is 0 Å². The van der Waals surface area contributed by atoms with Crippen LogP contribution in [0.25, 0.3) is 0 Å². The highest BCUT2D eigenvalue weighted by molar-refractivity contribution is 5.92. The number of epoxide rings is 1. The molecule has 2 unspecified atom stereocenters. The van der Waals surface area contributed by atoms with Gasteiger partial charge >= 0.3 is 11.9 Å². The Balaban J connectivity index is 1.46. The van der Waals surface area contributed by atoms with E-state index >= 15 is 0 Å². The molecule has 0 aromatic heterocycles. The van der Waals surface area contributed by atoms with Gasteiger partial charge in [-0.25, -0.2) is 0 Å². The van der Waals surface area contributed by atoms with Crippen LogP contribution in [0.3, 0.4) is 0 Å². The first-order valence-electron chi connectivity index (χ1n) is 11.9. The van der Waals surface area contributed by atoms with Gasteiger partial charge < -0.3 is 14.2 Å². The summed E-state index contributed by atoms with van der Waals surface area (Å²) in [6.07, 6.45) is 8.51. The zero-order valence-electron chi connectivity index (χ0n) is 18.7. The molecule has 6 nitrogen and oxygen atoms in total. The number of ketones is 1. The molecule has 6 aliphatic rings. The highest BCUT2D eigenvalue weighted by Gasteiger charge is 2.82. The van der Waals surface area contributed by atoms with Crippen molar-refractivity contribution < 1.29 is 28.6 Å². The molecule has 3 saturated carbocycles. The standard InChI is InChI=1S/C25H32O6/c1-22-7-4-16(26)12-15(22)10-14(11-20(28)29-3)21-17-5-8-24(9-6-19(27)31-24)23(17,2)13-18-25(21,22)30-18/h12,14,17-18,21H,4-11,13H2,1-3H3/t14-,17?,18+,21?,22-,23-,24+,25+/m0/s1. The number of fused-ring (bicyclic) bond motifs is 4. The van der Waals surface area contributed by atoms with Gasteiger partial charge in [-0.3, -0.25) is 14.4 Å². The summed E-state index contributed by atoms with van der Waals surface area (Å²) in [5.74, 6) is 0.547. The van der Waals surface area contributed by atoms with E-state index in [0.29, 0.717) is 25.2 Å². The SMILES string of the molecule is COC(=O)C[C@@H]1CC2=CC(=O)CC[C@]2(C)[C@@]23O[C@@H]2C[C@@]2(C)C(CC[C@@]24CCC(=O)O4)C13. The molecule has 0 amide bonds. The second kappa shape index (κ2) is 6.00. The third-order valence-corrected chi connectivity index (χ3v) is 10.5. The highest BCUT2D eigenvalue weighted by atomic mass is 16.6. The molecule has 5 fully saturated rings. The van der Waals surface area contributed by atoms with Crippen LogP contribution >= 0.6 is 0 Å². The number of carbonyl (C=O) groups excluding carboxylic acids is 3. The number of carbonyl (C=O) groups is 3. The van der Waals surface area contributed by atoms with Gasteiger partial charge in [-0.2, -0.15) is 0 Å². The van der Waals surface area contributed by atoms with Crippen molar-refractivity contribution in [2.45, 2.75) is 88.9 Å². The van der Waals surface area contributed by atoms with Crippen LogP contribution in [-0.2, 0) is 28.6 Å². The summed E-state index contributed by atoms with van der Waals surface area (Å²) >= 11 is 0. The third kappa shape index (κ3) is 2.25. The summed E-state index contributed by atoms with van der Waals surface area (Å²) in [4.78, 5) is 36.9. The summed E-state index contributed by atoms with van der Waals surface area (Å²) in [5, 5.41) is 0. The average Bonchev–Trinajstić information content (AvgIpc) is 3.21. The molecule has 0 N–H and O–H groups in total. The fourth-order valence-corrected chi connectivity index (χ4v) is 8.95. The first kappa shape index (κ1) is 20.0. The van der Waals surface area contributed by atoms with E-state index in [0.717, 1.165) is 38.5 Å². The summed E-state index contributed by atoms with van der Waals surface area (Å²) in [6.45, 7) is 4.60. The smallest absolute Gasteiger partial charge is 0.306 e. The van der Waals surface area contributed by atoms with Crippen molar-refractivity contribution in [3.8, 4) is 0 Å². The van der Waals surface area contributed by atoms with E-state index in [2.05, 4.69) is 13.8 Å². The van der Waals surface area contributed by atoms with E-state index in [1.165, 1.54) is 12.7 Å². The summed E-state index contributed by atoms with van der Waals surface area (Å²) in [5.41, 5.74) is 0.175. The Kier molecular flexibility index (Phi) is 3.86. The maximum absolute atomic E-state index is 12.4. The van der Waals surface area contributed by atoms with Crippen LogP contribution in [0.4, 0.5) is 0 Å². The van der Waals surface area contributed by atoms with E-state index in [4.69, 9.17) is 14.2 Å².